The second-order valence-corrected chi connectivity index (χ2v) is 7.20. The molecule has 108 valence electrons. The quantitative estimate of drug-likeness (QED) is 0.841. The maximum atomic E-state index is 12.0. The molecule has 0 aromatic carbocycles. The summed E-state index contributed by atoms with van der Waals surface area (Å²) in [5.74, 6) is 1.01. The third kappa shape index (κ3) is 4.26. The van der Waals surface area contributed by atoms with Crippen LogP contribution < -0.4 is 14.2 Å². The van der Waals surface area contributed by atoms with Crippen LogP contribution >= 0.6 is 0 Å². The van der Waals surface area contributed by atoms with E-state index in [4.69, 9.17) is 9.47 Å². The first-order valence-electron chi connectivity index (χ1n) is 6.05. The summed E-state index contributed by atoms with van der Waals surface area (Å²) in [4.78, 5) is 4.17. The lowest BCUT2D eigenvalue weighted by Crippen LogP contribution is -2.40. The van der Waals surface area contributed by atoms with Crippen molar-refractivity contribution in [3.8, 4) is 11.6 Å². The van der Waals surface area contributed by atoms with Crippen LogP contribution in [0.2, 0.25) is 0 Å². The first-order chi connectivity index (χ1) is 8.79. The molecule has 0 aliphatic heterocycles. The number of ether oxygens (including phenoxy) is 2. The summed E-state index contributed by atoms with van der Waals surface area (Å²) < 4.78 is 25.1. The van der Waals surface area contributed by atoms with E-state index in [1.54, 1.807) is 20.4 Å². The van der Waals surface area contributed by atoms with Crippen LogP contribution in [0.3, 0.4) is 0 Å². The number of hydrogen-bond acceptors (Lipinski definition) is 5. The highest BCUT2D eigenvalue weighted by Crippen LogP contribution is 2.28. The van der Waals surface area contributed by atoms with Gasteiger partial charge in [0.2, 0.25) is 0 Å². The van der Waals surface area contributed by atoms with Crippen molar-refractivity contribution in [1.82, 2.24) is 9.71 Å². The minimum Gasteiger partial charge on any atom is -0.598 e. The minimum absolute atomic E-state index is 0.0904. The molecule has 1 rings (SSSR count). The van der Waals surface area contributed by atoms with E-state index in [9.17, 15) is 4.55 Å². The van der Waals surface area contributed by atoms with Gasteiger partial charge in [0.1, 0.15) is 4.75 Å². The van der Waals surface area contributed by atoms with Crippen LogP contribution in [0, 0.1) is 0 Å². The van der Waals surface area contributed by atoms with Gasteiger partial charge in [-0.05, 0) is 39.3 Å². The second-order valence-electron chi connectivity index (χ2n) is 5.20. The van der Waals surface area contributed by atoms with E-state index in [0.29, 0.717) is 11.6 Å². The summed E-state index contributed by atoms with van der Waals surface area (Å²) in [6.45, 7) is 7.72. The van der Waals surface area contributed by atoms with Crippen molar-refractivity contribution in [3.05, 3.63) is 17.8 Å². The summed E-state index contributed by atoms with van der Waals surface area (Å²) in [5, 5.41) is 0. The summed E-state index contributed by atoms with van der Waals surface area (Å²) in [5.41, 5.74) is 0.898. The van der Waals surface area contributed by atoms with Gasteiger partial charge in [0.15, 0.2) is 5.75 Å². The van der Waals surface area contributed by atoms with Gasteiger partial charge in [0.25, 0.3) is 5.88 Å². The van der Waals surface area contributed by atoms with Gasteiger partial charge < -0.3 is 14.0 Å². The van der Waals surface area contributed by atoms with Crippen molar-refractivity contribution in [1.29, 1.82) is 0 Å². The Morgan fingerprint density at radius 1 is 1.32 bits per heavy atom. The Labute approximate surface area is 118 Å². The molecule has 1 aromatic heterocycles. The summed E-state index contributed by atoms with van der Waals surface area (Å²) in [7, 11) is 3.11. The molecule has 0 radical (unpaired) electrons. The largest absolute Gasteiger partial charge is 0.598 e. The zero-order chi connectivity index (χ0) is 14.6. The molecule has 0 aliphatic rings. The Kier molecular flexibility index (Phi) is 5.46. The topological polar surface area (TPSA) is 66.4 Å². The summed E-state index contributed by atoms with van der Waals surface area (Å²) >= 11 is -1.13. The SMILES string of the molecule is COc1cc([C@H](C)N[S@@+]([O-])C(C)(C)C)cnc1OC. The van der Waals surface area contributed by atoms with E-state index in [-0.39, 0.29) is 10.8 Å². The molecule has 0 fully saturated rings. The number of rotatable bonds is 5. The lowest BCUT2D eigenvalue weighted by atomic mass is 10.1. The third-order valence-corrected chi connectivity index (χ3v) is 4.27. The molecule has 0 saturated heterocycles. The van der Waals surface area contributed by atoms with Crippen LogP contribution in [0.1, 0.15) is 39.3 Å². The molecule has 0 unspecified atom stereocenters. The second kappa shape index (κ2) is 6.45. The maximum absolute atomic E-state index is 12.0. The molecule has 1 N–H and O–H groups in total. The van der Waals surface area contributed by atoms with Crippen molar-refractivity contribution in [2.45, 2.75) is 38.5 Å². The van der Waals surface area contributed by atoms with Gasteiger partial charge in [-0.3, -0.25) is 0 Å². The molecule has 0 amide bonds. The monoisotopic (exact) mass is 286 g/mol. The molecule has 5 nitrogen and oxygen atoms in total. The lowest BCUT2D eigenvalue weighted by Gasteiger charge is -2.26. The maximum Gasteiger partial charge on any atom is 0.256 e. The van der Waals surface area contributed by atoms with Gasteiger partial charge in [0, 0.05) is 17.6 Å². The molecular weight excluding hydrogens is 264 g/mol. The Balaban J connectivity index is 2.85. The number of methoxy groups -OCH3 is 2. The van der Waals surface area contributed by atoms with E-state index in [1.165, 1.54) is 0 Å². The predicted octanol–water partition coefficient (Wildman–Crippen LogP) is 2.21. The van der Waals surface area contributed by atoms with E-state index in [1.807, 2.05) is 33.8 Å². The Bertz CT molecular complexity index is 421. The minimum atomic E-state index is -1.13. The van der Waals surface area contributed by atoms with E-state index < -0.39 is 11.4 Å². The third-order valence-electron chi connectivity index (χ3n) is 2.59. The predicted molar refractivity (Wildman–Crippen MR) is 76.8 cm³/mol. The Morgan fingerprint density at radius 3 is 2.42 bits per heavy atom. The van der Waals surface area contributed by atoms with Gasteiger partial charge in [-0.25, -0.2) is 4.98 Å². The van der Waals surface area contributed by atoms with Crippen molar-refractivity contribution in [2.24, 2.45) is 0 Å². The van der Waals surface area contributed by atoms with Crippen LogP contribution in [0.15, 0.2) is 12.3 Å². The fourth-order valence-electron chi connectivity index (χ4n) is 1.39. The van der Waals surface area contributed by atoms with Gasteiger partial charge >= 0.3 is 0 Å². The fraction of sp³-hybridized carbons (Fsp3) is 0.615. The zero-order valence-corrected chi connectivity index (χ0v) is 13.1. The molecule has 1 heterocycles. The standard InChI is InChI=1S/C13H22N2O3S/c1-9(15-19(16)13(2,3)4)10-7-11(17-5)12(18-6)14-8-10/h7-9,15H,1-6H3/t9-,19-/m0/s1. The van der Waals surface area contributed by atoms with Crippen molar-refractivity contribution in [2.75, 3.05) is 14.2 Å². The molecule has 6 heteroatoms. The van der Waals surface area contributed by atoms with Crippen molar-refractivity contribution in [3.63, 3.8) is 0 Å². The molecule has 2 atom stereocenters. The van der Waals surface area contributed by atoms with Crippen LogP contribution in [0.4, 0.5) is 0 Å². The highest BCUT2D eigenvalue weighted by Gasteiger charge is 2.28. The molecule has 0 bridgehead atoms. The van der Waals surface area contributed by atoms with Crippen molar-refractivity contribution < 1.29 is 14.0 Å². The Hall–Kier alpha value is -0.980. The molecule has 0 spiro atoms. The Morgan fingerprint density at radius 2 is 1.95 bits per heavy atom. The van der Waals surface area contributed by atoms with E-state index >= 15 is 0 Å². The first-order valence-corrected chi connectivity index (χ1v) is 7.20. The van der Waals surface area contributed by atoms with Gasteiger partial charge in [-0.2, -0.15) is 0 Å². The van der Waals surface area contributed by atoms with Gasteiger partial charge in [-0.15, -0.1) is 4.72 Å². The molecule has 0 saturated carbocycles. The van der Waals surface area contributed by atoms with Crippen LogP contribution in [-0.4, -0.2) is 28.5 Å². The highest BCUT2D eigenvalue weighted by molar-refractivity contribution is 7.90. The average Bonchev–Trinajstić information content (AvgIpc) is 2.36. The normalized spacial score (nSPS) is 14.9. The first kappa shape index (κ1) is 16.1. The van der Waals surface area contributed by atoms with Gasteiger partial charge in [-0.1, -0.05) is 0 Å². The highest BCUT2D eigenvalue weighted by atomic mass is 32.2. The number of nitrogens with zero attached hydrogens (tertiary/aromatic N) is 1. The molecule has 1 aromatic rings. The van der Waals surface area contributed by atoms with Crippen LogP contribution in [0.25, 0.3) is 0 Å². The average molecular weight is 286 g/mol. The number of nitrogens with one attached hydrogen (secondary N) is 1. The smallest absolute Gasteiger partial charge is 0.256 e. The number of aromatic nitrogens is 1. The lowest BCUT2D eigenvalue weighted by molar-refractivity contribution is 0.342. The van der Waals surface area contributed by atoms with E-state index in [2.05, 4.69) is 9.71 Å². The van der Waals surface area contributed by atoms with E-state index in [0.717, 1.165) is 5.56 Å². The zero-order valence-electron chi connectivity index (χ0n) is 12.3. The van der Waals surface area contributed by atoms with Gasteiger partial charge in [0.05, 0.1) is 20.3 Å². The summed E-state index contributed by atoms with van der Waals surface area (Å²) in [6, 6.07) is 1.75. The molecular formula is C13H22N2O3S. The van der Waals surface area contributed by atoms with Crippen LogP contribution in [0.5, 0.6) is 11.6 Å². The number of pyridine rings is 1. The fourth-order valence-corrected chi connectivity index (χ4v) is 2.20. The number of hydrogen-bond donors (Lipinski definition) is 1. The summed E-state index contributed by atoms with van der Waals surface area (Å²) in [6.07, 6.45) is 1.69. The molecule has 19 heavy (non-hydrogen) atoms. The van der Waals surface area contributed by atoms with Crippen molar-refractivity contribution >= 4 is 11.4 Å². The molecule has 0 aliphatic carbocycles. The van der Waals surface area contributed by atoms with Crippen LogP contribution in [-0.2, 0) is 11.4 Å².